The van der Waals surface area contributed by atoms with E-state index in [1.165, 1.54) is 0 Å². The van der Waals surface area contributed by atoms with Crippen molar-refractivity contribution in [3.8, 4) is 0 Å². The summed E-state index contributed by atoms with van der Waals surface area (Å²) in [4.78, 5) is 10.9. The molecule has 1 aliphatic rings. The van der Waals surface area contributed by atoms with Crippen LogP contribution in [0.5, 0.6) is 0 Å². The largest absolute Gasteiger partial charge is 0.461 e. The van der Waals surface area contributed by atoms with Gasteiger partial charge < -0.3 is 10.1 Å². The standard InChI is InChI=1S/C7H13NO2/c1-5(8-2)7(9)10-6-3-4-6/h5-6,8H,3-4H2,1-2H3. The highest BCUT2D eigenvalue weighted by atomic mass is 16.5. The number of carbonyl (C=O) groups excluding carboxylic acids is 1. The summed E-state index contributed by atoms with van der Waals surface area (Å²) >= 11 is 0. The van der Waals surface area contributed by atoms with Gasteiger partial charge in [0.25, 0.3) is 0 Å². The Morgan fingerprint density at radius 2 is 2.30 bits per heavy atom. The summed E-state index contributed by atoms with van der Waals surface area (Å²) in [5, 5.41) is 2.82. The molecule has 1 atom stereocenters. The highest BCUT2D eigenvalue weighted by Crippen LogP contribution is 2.23. The van der Waals surface area contributed by atoms with Crippen molar-refractivity contribution in [1.29, 1.82) is 0 Å². The Hall–Kier alpha value is -0.570. The lowest BCUT2D eigenvalue weighted by Gasteiger charge is -2.08. The van der Waals surface area contributed by atoms with Crippen LogP contribution in [0.4, 0.5) is 0 Å². The first kappa shape index (κ1) is 7.54. The third kappa shape index (κ3) is 1.99. The van der Waals surface area contributed by atoms with E-state index in [-0.39, 0.29) is 18.1 Å². The molecule has 1 fully saturated rings. The van der Waals surface area contributed by atoms with Crippen molar-refractivity contribution in [2.45, 2.75) is 31.9 Å². The molecule has 1 unspecified atom stereocenters. The van der Waals surface area contributed by atoms with E-state index in [0.29, 0.717) is 0 Å². The Morgan fingerprint density at radius 1 is 1.70 bits per heavy atom. The van der Waals surface area contributed by atoms with Crippen LogP contribution in [0.1, 0.15) is 19.8 Å². The second-order valence-electron chi connectivity index (χ2n) is 2.65. The molecular formula is C7H13NO2. The van der Waals surface area contributed by atoms with E-state index in [4.69, 9.17) is 4.74 Å². The average Bonchev–Trinajstić information content (AvgIpc) is 2.70. The van der Waals surface area contributed by atoms with Gasteiger partial charge >= 0.3 is 5.97 Å². The van der Waals surface area contributed by atoms with Crippen LogP contribution in [-0.4, -0.2) is 25.2 Å². The predicted octanol–water partition coefficient (Wildman–Crippen LogP) is 0.300. The summed E-state index contributed by atoms with van der Waals surface area (Å²) in [5.41, 5.74) is 0. The van der Waals surface area contributed by atoms with Gasteiger partial charge in [0.2, 0.25) is 0 Å². The first-order valence-corrected chi connectivity index (χ1v) is 3.62. The lowest BCUT2D eigenvalue weighted by Crippen LogP contribution is -2.32. The van der Waals surface area contributed by atoms with Gasteiger partial charge in [-0.1, -0.05) is 0 Å². The van der Waals surface area contributed by atoms with E-state index < -0.39 is 0 Å². The molecule has 1 aliphatic carbocycles. The quantitative estimate of drug-likeness (QED) is 0.577. The Labute approximate surface area is 60.7 Å². The fourth-order valence-corrected chi connectivity index (χ4v) is 0.570. The number of hydrogen-bond acceptors (Lipinski definition) is 3. The number of rotatable bonds is 3. The van der Waals surface area contributed by atoms with E-state index in [0.717, 1.165) is 12.8 Å². The van der Waals surface area contributed by atoms with Crippen molar-refractivity contribution in [3.05, 3.63) is 0 Å². The van der Waals surface area contributed by atoms with Gasteiger partial charge in [0.1, 0.15) is 12.1 Å². The first-order chi connectivity index (χ1) is 4.74. The molecule has 58 valence electrons. The third-order valence-electron chi connectivity index (χ3n) is 1.59. The number of hydrogen-bond donors (Lipinski definition) is 1. The zero-order chi connectivity index (χ0) is 7.56. The lowest BCUT2D eigenvalue weighted by atomic mass is 10.3. The van der Waals surface area contributed by atoms with Gasteiger partial charge in [-0.2, -0.15) is 0 Å². The number of nitrogens with one attached hydrogen (secondary N) is 1. The van der Waals surface area contributed by atoms with Crippen LogP contribution in [0.3, 0.4) is 0 Å². The number of esters is 1. The van der Waals surface area contributed by atoms with Crippen LogP contribution in [0.2, 0.25) is 0 Å². The van der Waals surface area contributed by atoms with Crippen molar-refractivity contribution in [1.82, 2.24) is 5.32 Å². The van der Waals surface area contributed by atoms with E-state index >= 15 is 0 Å². The number of likely N-dealkylation sites (N-methyl/N-ethyl adjacent to an activating group) is 1. The molecule has 0 aromatic carbocycles. The van der Waals surface area contributed by atoms with Crippen molar-refractivity contribution >= 4 is 5.97 Å². The maximum absolute atomic E-state index is 10.9. The van der Waals surface area contributed by atoms with Crippen LogP contribution in [0.25, 0.3) is 0 Å². The molecule has 10 heavy (non-hydrogen) atoms. The van der Waals surface area contributed by atoms with Crippen molar-refractivity contribution in [2.75, 3.05) is 7.05 Å². The van der Waals surface area contributed by atoms with Gasteiger partial charge in [-0.05, 0) is 26.8 Å². The summed E-state index contributed by atoms with van der Waals surface area (Å²) < 4.78 is 5.01. The summed E-state index contributed by atoms with van der Waals surface area (Å²) in [7, 11) is 1.75. The minimum Gasteiger partial charge on any atom is -0.461 e. The van der Waals surface area contributed by atoms with Gasteiger partial charge in [0, 0.05) is 0 Å². The van der Waals surface area contributed by atoms with Gasteiger partial charge in [0.05, 0.1) is 0 Å². The zero-order valence-electron chi connectivity index (χ0n) is 6.39. The van der Waals surface area contributed by atoms with Crippen LogP contribution in [0.15, 0.2) is 0 Å². The van der Waals surface area contributed by atoms with E-state index in [9.17, 15) is 4.79 Å². The molecule has 0 amide bonds. The lowest BCUT2D eigenvalue weighted by molar-refractivity contribution is -0.146. The summed E-state index contributed by atoms with van der Waals surface area (Å²) in [6.07, 6.45) is 2.31. The normalized spacial score (nSPS) is 20.2. The second-order valence-corrected chi connectivity index (χ2v) is 2.65. The van der Waals surface area contributed by atoms with Crippen molar-refractivity contribution < 1.29 is 9.53 Å². The van der Waals surface area contributed by atoms with Gasteiger partial charge in [-0.25, -0.2) is 0 Å². The highest BCUT2D eigenvalue weighted by Gasteiger charge is 2.27. The third-order valence-corrected chi connectivity index (χ3v) is 1.59. The maximum atomic E-state index is 10.9. The molecular weight excluding hydrogens is 130 g/mol. The minimum atomic E-state index is -0.166. The minimum absolute atomic E-state index is 0.134. The Kier molecular flexibility index (Phi) is 2.27. The van der Waals surface area contributed by atoms with E-state index in [1.807, 2.05) is 0 Å². The molecule has 1 N–H and O–H groups in total. The molecule has 3 nitrogen and oxygen atoms in total. The van der Waals surface area contributed by atoms with Crippen LogP contribution < -0.4 is 5.32 Å². The topological polar surface area (TPSA) is 38.3 Å². The molecule has 0 spiro atoms. The maximum Gasteiger partial charge on any atom is 0.323 e. The fraction of sp³-hybridized carbons (Fsp3) is 0.857. The SMILES string of the molecule is CNC(C)C(=O)OC1CC1. The van der Waals surface area contributed by atoms with Gasteiger partial charge in [0.15, 0.2) is 0 Å². The molecule has 0 aliphatic heterocycles. The average molecular weight is 143 g/mol. The molecule has 1 rings (SSSR count). The molecule has 0 radical (unpaired) electrons. The monoisotopic (exact) mass is 143 g/mol. The van der Waals surface area contributed by atoms with Crippen LogP contribution >= 0.6 is 0 Å². The van der Waals surface area contributed by atoms with Crippen LogP contribution in [-0.2, 0) is 9.53 Å². The fourth-order valence-electron chi connectivity index (χ4n) is 0.570. The molecule has 0 heterocycles. The molecule has 0 aromatic rings. The zero-order valence-corrected chi connectivity index (χ0v) is 6.39. The number of ether oxygens (including phenoxy) is 1. The van der Waals surface area contributed by atoms with Crippen molar-refractivity contribution in [2.24, 2.45) is 0 Å². The van der Waals surface area contributed by atoms with E-state index in [1.54, 1.807) is 14.0 Å². The molecule has 0 bridgehead atoms. The summed E-state index contributed by atoms with van der Waals surface area (Å²) in [5.74, 6) is -0.134. The molecule has 0 saturated heterocycles. The number of carbonyl (C=O) groups is 1. The summed E-state index contributed by atoms with van der Waals surface area (Å²) in [6.45, 7) is 1.80. The molecule has 1 saturated carbocycles. The smallest absolute Gasteiger partial charge is 0.323 e. The van der Waals surface area contributed by atoms with Crippen LogP contribution in [0, 0.1) is 0 Å². The summed E-state index contributed by atoms with van der Waals surface area (Å²) in [6, 6.07) is -0.166. The highest BCUT2D eigenvalue weighted by molar-refractivity contribution is 5.75. The Morgan fingerprint density at radius 3 is 2.70 bits per heavy atom. The van der Waals surface area contributed by atoms with Gasteiger partial charge in [-0.15, -0.1) is 0 Å². The molecule has 3 heteroatoms. The predicted molar refractivity (Wildman–Crippen MR) is 37.6 cm³/mol. The van der Waals surface area contributed by atoms with E-state index in [2.05, 4.69) is 5.32 Å². The Balaban J connectivity index is 2.18. The molecule has 0 aromatic heterocycles. The van der Waals surface area contributed by atoms with Gasteiger partial charge in [-0.3, -0.25) is 4.79 Å². The first-order valence-electron chi connectivity index (χ1n) is 3.62. The van der Waals surface area contributed by atoms with Crippen molar-refractivity contribution in [3.63, 3.8) is 0 Å². The Bertz CT molecular complexity index is 132. The second kappa shape index (κ2) is 3.01.